The largest absolute Gasteiger partial charge is 0.494 e. The molecule has 2 bridgehead atoms. The standard InChI is InChI=1S/C32H45N3O5S/c1-7-11-22(5)33(18-8-2)30(39)27-32-17-16-31(6,41-32)25(26(32)29(38)35(27)20-21-36)28(37)34(19-9-3)23-12-14-24(15-13-23)40-10-4/h8-9,12-15,22,25-27,36H,2-3,7,10-11,16-21H2,1,4-6H3/t22?,25-,26-,27?,31+,32?/m0/s1. The van der Waals surface area contributed by atoms with Crippen molar-refractivity contribution in [1.29, 1.82) is 0 Å². The number of likely N-dealkylation sites (tertiary alicyclic amines) is 1. The van der Waals surface area contributed by atoms with Gasteiger partial charge in [0.05, 0.1) is 29.8 Å². The molecule has 1 spiro atoms. The highest BCUT2D eigenvalue weighted by atomic mass is 32.2. The molecule has 3 aliphatic rings. The third-order valence-electron chi connectivity index (χ3n) is 9.00. The normalized spacial score (nSPS) is 28.8. The molecule has 0 aromatic heterocycles. The summed E-state index contributed by atoms with van der Waals surface area (Å²) in [7, 11) is 0. The molecule has 3 saturated heterocycles. The summed E-state index contributed by atoms with van der Waals surface area (Å²) < 4.78 is 4.36. The summed E-state index contributed by atoms with van der Waals surface area (Å²) >= 11 is 1.65. The topological polar surface area (TPSA) is 90.4 Å². The summed E-state index contributed by atoms with van der Waals surface area (Å²) in [5, 5.41) is 9.96. The van der Waals surface area contributed by atoms with E-state index in [1.54, 1.807) is 33.7 Å². The van der Waals surface area contributed by atoms with E-state index in [9.17, 15) is 19.5 Å². The number of carbonyl (C=O) groups is 3. The van der Waals surface area contributed by atoms with Gasteiger partial charge < -0.3 is 24.5 Å². The number of aliphatic hydroxyl groups is 1. The molecule has 3 heterocycles. The molecule has 1 aromatic carbocycles. The van der Waals surface area contributed by atoms with Gasteiger partial charge in [0.25, 0.3) is 0 Å². The van der Waals surface area contributed by atoms with Crippen LogP contribution in [0.25, 0.3) is 0 Å². The molecule has 3 fully saturated rings. The maximum absolute atomic E-state index is 14.5. The Hall–Kier alpha value is -2.78. The highest BCUT2D eigenvalue weighted by Crippen LogP contribution is 2.71. The Morgan fingerprint density at radius 1 is 1.17 bits per heavy atom. The summed E-state index contributed by atoms with van der Waals surface area (Å²) in [5.41, 5.74) is 0.708. The summed E-state index contributed by atoms with van der Waals surface area (Å²) in [6, 6.07) is 6.62. The Labute approximate surface area is 248 Å². The lowest BCUT2D eigenvalue weighted by atomic mass is 9.66. The number of fused-ring (bicyclic) bond motifs is 1. The van der Waals surface area contributed by atoms with Crippen molar-refractivity contribution in [2.24, 2.45) is 11.8 Å². The second-order valence-corrected chi connectivity index (χ2v) is 13.5. The maximum atomic E-state index is 14.5. The van der Waals surface area contributed by atoms with E-state index in [0.717, 1.165) is 25.0 Å². The van der Waals surface area contributed by atoms with Crippen LogP contribution in [0.4, 0.5) is 5.69 Å². The molecule has 0 saturated carbocycles. The highest BCUT2D eigenvalue weighted by molar-refractivity contribution is 8.02. The number of ether oxygens (including phenoxy) is 1. The van der Waals surface area contributed by atoms with Gasteiger partial charge >= 0.3 is 0 Å². The number of nitrogens with zero attached hydrogens (tertiary/aromatic N) is 3. The van der Waals surface area contributed by atoms with Crippen LogP contribution in [0, 0.1) is 11.8 Å². The fourth-order valence-corrected chi connectivity index (χ4v) is 9.64. The Kier molecular flexibility index (Phi) is 9.59. The van der Waals surface area contributed by atoms with Crippen molar-refractivity contribution in [2.75, 3.05) is 37.7 Å². The molecule has 9 heteroatoms. The maximum Gasteiger partial charge on any atom is 0.247 e. The first-order valence-corrected chi connectivity index (χ1v) is 15.6. The minimum Gasteiger partial charge on any atom is -0.494 e. The predicted octanol–water partition coefficient (Wildman–Crippen LogP) is 4.28. The summed E-state index contributed by atoms with van der Waals surface area (Å²) in [4.78, 5) is 48.2. The zero-order chi connectivity index (χ0) is 29.9. The van der Waals surface area contributed by atoms with Crippen molar-refractivity contribution in [2.45, 2.75) is 75.0 Å². The van der Waals surface area contributed by atoms with Gasteiger partial charge in [-0.15, -0.1) is 24.9 Å². The van der Waals surface area contributed by atoms with Crippen molar-refractivity contribution in [3.8, 4) is 5.75 Å². The minimum absolute atomic E-state index is 0.0219. The average molecular weight is 584 g/mol. The van der Waals surface area contributed by atoms with Gasteiger partial charge in [0, 0.05) is 36.1 Å². The molecule has 6 atom stereocenters. The van der Waals surface area contributed by atoms with Crippen LogP contribution in [0.2, 0.25) is 0 Å². The van der Waals surface area contributed by atoms with E-state index in [4.69, 9.17) is 4.74 Å². The number of hydrogen-bond acceptors (Lipinski definition) is 6. The zero-order valence-corrected chi connectivity index (χ0v) is 25.7. The van der Waals surface area contributed by atoms with E-state index in [1.807, 2.05) is 43.0 Å². The van der Waals surface area contributed by atoms with E-state index < -0.39 is 27.4 Å². The molecule has 4 rings (SSSR count). The zero-order valence-electron chi connectivity index (χ0n) is 24.9. The second-order valence-electron chi connectivity index (χ2n) is 11.6. The van der Waals surface area contributed by atoms with E-state index in [0.29, 0.717) is 31.8 Å². The van der Waals surface area contributed by atoms with Gasteiger partial charge in [0.1, 0.15) is 11.8 Å². The van der Waals surface area contributed by atoms with Crippen LogP contribution in [0.15, 0.2) is 49.6 Å². The number of benzene rings is 1. The van der Waals surface area contributed by atoms with E-state index in [1.165, 1.54) is 0 Å². The smallest absolute Gasteiger partial charge is 0.247 e. The monoisotopic (exact) mass is 583 g/mol. The molecule has 3 aliphatic heterocycles. The number of rotatable bonds is 14. The van der Waals surface area contributed by atoms with Gasteiger partial charge in [0.15, 0.2) is 0 Å². The van der Waals surface area contributed by atoms with Crippen molar-refractivity contribution in [3.63, 3.8) is 0 Å². The Morgan fingerprint density at radius 3 is 2.44 bits per heavy atom. The van der Waals surface area contributed by atoms with Crippen LogP contribution in [-0.4, -0.2) is 87.1 Å². The van der Waals surface area contributed by atoms with Crippen LogP contribution in [0.3, 0.4) is 0 Å². The lowest BCUT2D eigenvalue weighted by molar-refractivity contribution is -0.144. The van der Waals surface area contributed by atoms with Crippen LogP contribution < -0.4 is 9.64 Å². The summed E-state index contributed by atoms with van der Waals surface area (Å²) in [5.74, 6) is -1.00. The number of carbonyl (C=O) groups excluding carboxylic acids is 3. The molecule has 1 aromatic rings. The van der Waals surface area contributed by atoms with Gasteiger partial charge in [0.2, 0.25) is 17.7 Å². The molecule has 1 N–H and O–H groups in total. The van der Waals surface area contributed by atoms with E-state index in [-0.39, 0.29) is 36.9 Å². The first-order valence-electron chi connectivity index (χ1n) is 14.8. The molecule has 0 radical (unpaired) electrons. The fraction of sp³-hybridized carbons (Fsp3) is 0.594. The SMILES string of the molecule is C=CCN(C(=O)[C@@H]1[C@H]2C(=O)N(CCO)C(C(=O)N(CC=C)C(C)CCC)C23CC[C@@]1(C)S3)c1ccc(OCC)cc1. The quantitative estimate of drug-likeness (QED) is 0.329. The minimum atomic E-state index is -0.741. The Bertz CT molecular complexity index is 1160. The number of anilines is 1. The van der Waals surface area contributed by atoms with Gasteiger partial charge in [-0.05, 0) is 64.3 Å². The van der Waals surface area contributed by atoms with E-state index >= 15 is 0 Å². The molecule has 8 nitrogen and oxygen atoms in total. The number of thioether (sulfide) groups is 1. The fourth-order valence-electron chi connectivity index (χ4n) is 7.29. The van der Waals surface area contributed by atoms with Crippen molar-refractivity contribution in [3.05, 3.63) is 49.6 Å². The summed E-state index contributed by atoms with van der Waals surface area (Å²) in [6.45, 7) is 16.9. The number of hydrogen-bond donors (Lipinski definition) is 1. The lowest BCUT2D eigenvalue weighted by Crippen LogP contribution is -2.57. The van der Waals surface area contributed by atoms with Crippen molar-refractivity contribution in [1.82, 2.24) is 9.80 Å². The molecule has 3 amide bonds. The van der Waals surface area contributed by atoms with Crippen LogP contribution in [-0.2, 0) is 14.4 Å². The Balaban J connectivity index is 1.75. The van der Waals surface area contributed by atoms with Gasteiger partial charge in [-0.25, -0.2) is 0 Å². The first-order chi connectivity index (χ1) is 19.6. The third-order valence-corrected chi connectivity index (χ3v) is 11.0. The van der Waals surface area contributed by atoms with E-state index in [2.05, 4.69) is 27.0 Å². The Morgan fingerprint density at radius 2 is 1.85 bits per heavy atom. The average Bonchev–Trinajstić information content (AvgIpc) is 3.51. The first kappa shape index (κ1) is 31.2. The molecular formula is C32H45N3O5S. The third kappa shape index (κ3) is 5.31. The van der Waals surface area contributed by atoms with Crippen LogP contribution in [0.1, 0.15) is 53.4 Å². The van der Waals surface area contributed by atoms with Crippen molar-refractivity contribution < 1.29 is 24.2 Å². The molecule has 0 aliphatic carbocycles. The van der Waals surface area contributed by atoms with Gasteiger partial charge in [-0.2, -0.15) is 0 Å². The number of β-amino-alcohol motifs (C(OH)–C–C–N with tert-alkyl or cyclic N) is 1. The molecular weight excluding hydrogens is 538 g/mol. The number of amides is 3. The van der Waals surface area contributed by atoms with Crippen LogP contribution in [0.5, 0.6) is 5.75 Å². The molecule has 41 heavy (non-hydrogen) atoms. The van der Waals surface area contributed by atoms with Gasteiger partial charge in [-0.1, -0.05) is 25.5 Å². The molecule has 3 unspecified atom stereocenters. The lowest BCUT2D eigenvalue weighted by Gasteiger charge is -2.39. The predicted molar refractivity (Wildman–Crippen MR) is 164 cm³/mol. The molecule has 224 valence electrons. The summed E-state index contributed by atoms with van der Waals surface area (Å²) in [6.07, 6.45) is 6.57. The van der Waals surface area contributed by atoms with Crippen LogP contribution >= 0.6 is 11.8 Å². The second kappa shape index (κ2) is 12.6. The highest BCUT2D eigenvalue weighted by Gasteiger charge is 2.77. The number of aliphatic hydroxyl groups excluding tert-OH is 1. The van der Waals surface area contributed by atoms with Gasteiger partial charge in [-0.3, -0.25) is 14.4 Å². The van der Waals surface area contributed by atoms with Crippen molar-refractivity contribution >= 4 is 35.2 Å².